The molecule has 4 unspecified atom stereocenters. The Morgan fingerprint density at radius 3 is 2.68 bits per heavy atom. The molecule has 9 nitrogen and oxygen atoms in total. The van der Waals surface area contributed by atoms with Crippen LogP contribution in [0.15, 0.2) is 22.8 Å². The number of carbonyl (C=O) groups excluding carboxylic acids is 4. The number of hydrogen-bond donors (Lipinski definition) is 2. The fraction of sp³-hybridized carbons (Fsp3) is 0.636. The van der Waals surface area contributed by atoms with E-state index >= 15 is 0 Å². The zero-order chi connectivity index (χ0) is 21.5. The lowest BCUT2D eigenvalue weighted by Crippen LogP contribution is -2.52. The second-order valence-corrected chi connectivity index (χ2v) is 9.11. The average Bonchev–Trinajstić information content (AvgIpc) is 3.52. The Balaban J connectivity index is 1.31. The Labute approximate surface area is 180 Å². The number of likely N-dealkylation sites (tertiary alicyclic amines) is 1. The van der Waals surface area contributed by atoms with Crippen molar-refractivity contribution in [2.45, 2.75) is 69.1 Å². The molecule has 1 aliphatic carbocycles. The summed E-state index contributed by atoms with van der Waals surface area (Å²) in [7, 11) is 0. The summed E-state index contributed by atoms with van der Waals surface area (Å²) >= 11 is 0. The maximum atomic E-state index is 13.5. The monoisotopic (exact) mass is 428 g/mol. The van der Waals surface area contributed by atoms with E-state index < -0.39 is 18.1 Å². The topological polar surface area (TPSA) is 112 Å². The second kappa shape index (κ2) is 8.01. The van der Waals surface area contributed by atoms with Gasteiger partial charge in [0.15, 0.2) is 5.76 Å². The number of furan rings is 1. The molecule has 5 rings (SSSR count). The highest BCUT2D eigenvalue weighted by Crippen LogP contribution is 2.31. The van der Waals surface area contributed by atoms with Crippen LogP contribution in [0.1, 0.15) is 55.5 Å². The van der Waals surface area contributed by atoms with Crippen molar-refractivity contribution < 1.29 is 23.6 Å². The van der Waals surface area contributed by atoms with Crippen LogP contribution < -0.4 is 10.6 Å². The number of fused-ring (bicyclic) bond motifs is 2. The van der Waals surface area contributed by atoms with E-state index in [1.165, 1.54) is 17.6 Å². The fourth-order valence-corrected chi connectivity index (χ4v) is 5.58. The normalized spacial score (nSPS) is 31.1. The largest absolute Gasteiger partial charge is 0.459 e. The summed E-state index contributed by atoms with van der Waals surface area (Å²) in [4.78, 5) is 54.9. The molecule has 0 aromatic carbocycles. The Hall–Kier alpha value is -2.84. The molecule has 1 saturated carbocycles. The molecule has 1 aromatic rings. The van der Waals surface area contributed by atoms with Crippen LogP contribution in [0.25, 0.3) is 0 Å². The van der Waals surface area contributed by atoms with Gasteiger partial charge in [0.25, 0.3) is 5.91 Å². The maximum Gasteiger partial charge on any atom is 0.290 e. The van der Waals surface area contributed by atoms with Crippen molar-refractivity contribution in [3.05, 3.63) is 24.2 Å². The molecule has 3 saturated heterocycles. The number of nitrogens with one attached hydrogen (secondary N) is 2. The molecular formula is C22H28N4O5. The Bertz CT molecular complexity index is 878. The van der Waals surface area contributed by atoms with Crippen LogP contribution in [-0.2, 0) is 14.4 Å². The van der Waals surface area contributed by atoms with Crippen LogP contribution in [-0.4, -0.2) is 70.7 Å². The number of carbonyl (C=O) groups is 4. The van der Waals surface area contributed by atoms with Crippen LogP contribution in [0.2, 0.25) is 0 Å². The smallest absolute Gasteiger partial charge is 0.290 e. The maximum absolute atomic E-state index is 13.5. The Morgan fingerprint density at radius 2 is 1.94 bits per heavy atom. The number of amides is 4. The molecule has 0 radical (unpaired) electrons. The van der Waals surface area contributed by atoms with Crippen molar-refractivity contribution in [3.8, 4) is 0 Å². The van der Waals surface area contributed by atoms with Gasteiger partial charge in [-0.05, 0) is 37.8 Å². The van der Waals surface area contributed by atoms with Gasteiger partial charge in [0.05, 0.1) is 12.3 Å². The van der Waals surface area contributed by atoms with E-state index in [2.05, 4.69) is 10.6 Å². The molecule has 4 aliphatic rings. The van der Waals surface area contributed by atoms with Crippen molar-refractivity contribution in [2.75, 3.05) is 13.1 Å². The van der Waals surface area contributed by atoms with Gasteiger partial charge in [-0.1, -0.05) is 19.3 Å². The van der Waals surface area contributed by atoms with E-state index in [1.54, 1.807) is 17.0 Å². The minimum Gasteiger partial charge on any atom is -0.459 e. The van der Waals surface area contributed by atoms with E-state index in [-0.39, 0.29) is 41.3 Å². The van der Waals surface area contributed by atoms with E-state index in [4.69, 9.17) is 4.42 Å². The molecule has 3 aliphatic heterocycles. The second-order valence-electron chi connectivity index (χ2n) is 9.11. The zero-order valence-electron chi connectivity index (χ0n) is 17.4. The molecule has 166 valence electrons. The molecule has 2 N–H and O–H groups in total. The first-order chi connectivity index (χ1) is 15.0. The summed E-state index contributed by atoms with van der Waals surface area (Å²) in [6, 6.07) is 1.19. The number of hydrogen-bond acceptors (Lipinski definition) is 5. The van der Waals surface area contributed by atoms with Crippen molar-refractivity contribution in [1.82, 2.24) is 20.4 Å². The Kier molecular flexibility index (Phi) is 5.19. The molecule has 1 aromatic heterocycles. The predicted molar refractivity (Wildman–Crippen MR) is 109 cm³/mol. The first-order valence-corrected chi connectivity index (χ1v) is 11.3. The molecule has 31 heavy (non-hydrogen) atoms. The highest BCUT2D eigenvalue weighted by Gasteiger charge is 2.52. The summed E-state index contributed by atoms with van der Waals surface area (Å²) in [5.74, 6) is -0.551. The van der Waals surface area contributed by atoms with Crippen LogP contribution in [0.3, 0.4) is 0 Å². The van der Waals surface area contributed by atoms with Crippen molar-refractivity contribution >= 4 is 23.6 Å². The summed E-state index contributed by atoms with van der Waals surface area (Å²) in [6.07, 6.45) is 7.47. The first kappa shape index (κ1) is 20.1. The molecule has 0 bridgehead atoms. The van der Waals surface area contributed by atoms with Gasteiger partial charge >= 0.3 is 0 Å². The standard InChI is InChI=1S/C22H28N4O5/c27-19(13-5-2-1-3-6-13)23-14-11-16-20(28)24-15-8-9-25(18(15)22(30)26(16)12-14)21(29)17-7-4-10-31-17/h4,7,10,13-16,18H,1-3,5-6,8-9,11-12H2,(H,23,27)(H,24,28). The lowest BCUT2D eigenvalue weighted by molar-refractivity contribution is -0.138. The molecular weight excluding hydrogens is 400 g/mol. The molecule has 4 fully saturated rings. The van der Waals surface area contributed by atoms with Gasteiger partial charge in [0.2, 0.25) is 17.7 Å². The van der Waals surface area contributed by atoms with Crippen LogP contribution in [0.5, 0.6) is 0 Å². The lowest BCUT2D eigenvalue weighted by atomic mass is 9.88. The molecule has 4 heterocycles. The van der Waals surface area contributed by atoms with E-state index in [1.807, 2.05) is 0 Å². The van der Waals surface area contributed by atoms with Crippen molar-refractivity contribution in [2.24, 2.45) is 5.92 Å². The SMILES string of the molecule is O=C(NC1CC2C(=O)NC3CCN(C(=O)c4ccco4)C3C(=O)N2C1)C1CCCCC1. The van der Waals surface area contributed by atoms with Crippen LogP contribution in [0, 0.1) is 5.92 Å². The van der Waals surface area contributed by atoms with Gasteiger partial charge in [-0.25, -0.2) is 0 Å². The zero-order valence-corrected chi connectivity index (χ0v) is 17.4. The van der Waals surface area contributed by atoms with Gasteiger partial charge in [-0.15, -0.1) is 0 Å². The third-order valence-corrected chi connectivity index (χ3v) is 7.18. The third-order valence-electron chi connectivity index (χ3n) is 7.18. The third kappa shape index (κ3) is 3.59. The van der Waals surface area contributed by atoms with Crippen LogP contribution in [0.4, 0.5) is 0 Å². The van der Waals surface area contributed by atoms with Gasteiger partial charge in [-0.2, -0.15) is 0 Å². The summed E-state index contributed by atoms with van der Waals surface area (Å²) in [6.45, 7) is 0.669. The first-order valence-electron chi connectivity index (χ1n) is 11.3. The van der Waals surface area contributed by atoms with Crippen molar-refractivity contribution in [1.29, 1.82) is 0 Å². The molecule has 9 heteroatoms. The number of rotatable bonds is 3. The lowest BCUT2D eigenvalue weighted by Gasteiger charge is -2.29. The summed E-state index contributed by atoms with van der Waals surface area (Å²) in [5.41, 5.74) is 0. The van der Waals surface area contributed by atoms with Gasteiger partial charge < -0.3 is 24.9 Å². The number of nitrogens with zero attached hydrogens (tertiary/aromatic N) is 2. The minimum absolute atomic E-state index is 0.0271. The summed E-state index contributed by atoms with van der Waals surface area (Å²) in [5, 5.41) is 6.05. The van der Waals surface area contributed by atoms with Gasteiger partial charge in [0, 0.05) is 25.0 Å². The highest BCUT2D eigenvalue weighted by atomic mass is 16.3. The summed E-state index contributed by atoms with van der Waals surface area (Å²) < 4.78 is 5.23. The highest BCUT2D eigenvalue weighted by molar-refractivity contribution is 5.99. The molecule has 0 spiro atoms. The van der Waals surface area contributed by atoms with Gasteiger partial charge in [0.1, 0.15) is 12.1 Å². The van der Waals surface area contributed by atoms with Crippen LogP contribution >= 0.6 is 0 Å². The minimum atomic E-state index is -0.751. The quantitative estimate of drug-likeness (QED) is 0.735. The predicted octanol–water partition coefficient (Wildman–Crippen LogP) is 0.659. The van der Waals surface area contributed by atoms with E-state index in [0.717, 1.165) is 25.7 Å². The average molecular weight is 428 g/mol. The van der Waals surface area contributed by atoms with Crippen molar-refractivity contribution in [3.63, 3.8) is 0 Å². The Morgan fingerprint density at radius 1 is 1.13 bits per heavy atom. The van der Waals surface area contributed by atoms with E-state index in [9.17, 15) is 19.2 Å². The molecule has 4 amide bonds. The van der Waals surface area contributed by atoms with Gasteiger partial charge in [-0.3, -0.25) is 19.2 Å². The molecule has 4 atom stereocenters. The fourth-order valence-electron chi connectivity index (χ4n) is 5.58. The van der Waals surface area contributed by atoms with E-state index in [0.29, 0.717) is 25.9 Å².